The van der Waals surface area contributed by atoms with E-state index in [1.807, 2.05) is 0 Å². The number of hydrogen-bond donors (Lipinski definition) is 2. The molecular formula is C29H32F2N2O4. The Labute approximate surface area is 216 Å². The number of nitrogens with one attached hydrogen (secondary N) is 2. The fourth-order valence-corrected chi connectivity index (χ4v) is 3.78. The van der Waals surface area contributed by atoms with Crippen LogP contribution >= 0.6 is 0 Å². The zero-order chi connectivity index (χ0) is 26.6. The van der Waals surface area contributed by atoms with Crippen LogP contribution in [-0.2, 0) is 0 Å². The van der Waals surface area contributed by atoms with E-state index in [0.717, 1.165) is 25.7 Å². The minimum Gasteiger partial charge on any atom is -0.493 e. The summed E-state index contributed by atoms with van der Waals surface area (Å²) in [7, 11) is 1.48. The van der Waals surface area contributed by atoms with Crippen molar-refractivity contribution in [3.63, 3.8) is 0 Å². The van der Waals surface area contributed by atoms with Crippen LogP contribution in [0.5, 0.6) is 11.5 Å². The number of carbonyl (C=O) groups is 2. The van der Waals surface area contributed by atoms with Gasteiger partial charge in [-0.15, -0.1) is 0 Å². The van der Waals surface area contributed by atoms with E-state index in [2.05, 4.69) is 17.6 Å². The van der Waals surface area contributed by atoms with Gasteiger partial charge in [-0.05, 0) is 48.4 Å². The molecule has 0 spiro atoms. The highest BCUT2D eigenvalue weighted by molar-refractivity contribution is 5.97. The molecule has 3 aromatic carbocycles. The number of benzene rings is 3. The molecule has 2 N–H and O–H groups in total. The van der Waals surface area contributed by atoms with Crippen LogP contribution in [0.2, 0.25) is 0 Å². The molecule has 0 aromatic heterocycles. The van der Waals surface area contributed by atoms with Gasteiger partial charge in [0.05, 0.1) is 24.8 Å². The van der Waals surface area contributed by atoms with Crippen molar-refractivity contribution in [1.29, 1.82) is 0 Å². The van der Waals surface area contributed by atoms with Crippen molar-refractivity contribution in [1.82, 2.24) is 10.6 Å². The van der Waals surface area contributed by atoms with Gasteiger partial charge in [-0.1, -0.05) is 62.9 Å². The first kappa shape index (κ1) is 27.6. The summed E-state index contributed by atoms with van der Waals surface area (Å²) in [6.45, 7) is 2.69. The second-order valence-electron chi connectivity index (χ2n) is 8.51. The third kappa shape index (κ3) is 7.77. The van der Waals surface area contributed by atoms with E-state index in [1.54, 1.807) is 18.2 Å². The van der Waals surface area contributed by atoms with Crippen LogP contribution in [0.25, 0.3) is 0 Å². The highest BCUT2D eigenvalue weighted by atomic mass is 19.1. The summed E-state index contributed by atoms with van der Waals surface area (Å²) in [5, 5.41) is 5.25. The molecule has 37 heavy (non-hydrogen) atoms. The number of hydrogen-bond acceptors (Lipinski definition) is 4. The Morgan fingerprint density at radius 1 is 0.784 bits per heavy atom. The first-order valence-electron chi connectivity index (χ1n) is 12.4. The third-order valence-electron chi connectivity index (χ3n) is 5.81. The van der Waals surface area contributed by atoms with E-state index in [4.69, 9.17) is 9.47 Å². The van der Waals surface area contributed by atoms with Crippen molar-refractivity contribution in [2.24, 2.45) is 0 Å². The van der Waals surface area contributed by atoms with Crippen LogP contribution in [0.3, 0.4) is 0 Å². The summed E-state index contributed by atoms with van der Waals surface area (Å²) in [4.78, 5) is 25.7. The number of halogens is 2. The SMILES string of the molecule is CCCCCCCOc1ccc(C(NC(=O)c2ccccc2F)NC(=O)c2ccccc2F)cc1OC. The molecule has 0 atom stereocenters. The van der Waals surface area contributed by atoms with Crippen molar-refractivity contribution < 1.29 is 27.8 Å². The molecule has 0 saturated carbocycles. The van der Waals surface area contributed by atoms with E-state index in [1.165, 1.54) is 62.1 Å². The van der Waals surface area contributed by atoms with Gasteiger partial charge in [0.1, 0.15) is 17.8 Å². The molecular weight excluding hydrogens is 478 g/mol. The van der Waals surface area contributed by atoms with Gasteiger partial charge in [0.25, 0.3) is 11.8 Å². The van der Waals surface area contributed by atoms with Crippen LogP contribution < -0.4 is 20.1 Å². The predicted octanol–water partition coefficient (Wildman–Crippen LogP) is 6.18. The quantitative estimate of drug-likeness (QED) is 0.213. The molecule has 8 heteroatoms. The zero-order valence-corrected chi connectivity index (χ0v) is 21.1. The Kier molecular flexibility index (Phi) is 10.4. The Morgan fingerprint density at radius 2 is 1.35 bits per heavy atom. The van der Waals surface area contributed by atoms with Gasteiger partial charge in [-0.25, -0.2) is 8.78 Å². The first-order valence-corrected chi connectivity index (χ1v) is 12.4. The van der Waals surface area contributed by atoms with Crippen LogP contribution in [0.4, 0.5) is 8.78 Å². The van der Waals surface area contributed by atoms with E-state index in [0.29, 0.717) is 23.7 Å². The summed E-state index contributed by atoms with van der Waals surface area (Å²) in [6.07, 6.45) is 4.37. The smallest absolute Gasteiger partial charge is 0.256 e. The highest BCUT2D eigenvalue weighted by Gasteiger charge is 2.23. The van der Waals surface area contributed by atoms with Crippen molar-refractivity contribution >= 4 is 11.8 Å². The molecule has 196 valence electrons. The molecule has 0 saturated heterocycles. The number of ether oxygens (including phenoxy) is 2. The highest BCUT2D eigenvalue weighted by Crippen LogP contribution is 2.30. The lowest BCUT2D eigenvalue weighted by molar-refractivity contribution is 0.0879. The van der Waals surface area contributed by atoms with Gasteiger partial charge in [-0.2, -0.15) is 0 Å². The van der Waals surface area contributed by atoms with E-state index < -0.39 is 29.6 Å². The summed E-state index contributed by atoms with van der Waals surface area (Å²) >= 11 is 0. The number of unbranched alkanes of at least 4 members (excludes halogenated alkanes) is 4. The molecule has 0 fully saturated rings. The fraction of sp³-hybridized carbons (Fsp3) is 0.310. The summed E-state index contributed by atoms with van der Waals surface area (Å²) < 4.78 is 39.8. The maximum absolute atomic E-state index is 14.2. The molecule has 0 radical (unpaired) electrons. The second kappa shape index (κ2) is 14.0. The molecule has 3 rings (SSSR count). The maximum atomic E-state index is 14.2. The monoisotopic (exact) mass is 510 g/mol. The van der Waals surface area contributed by atoms with Gasteiger partial charge in [0.2, 0.25) is 0 Å². The largest absolute Gasteiger partial charge is 0.493 e. The molecule has 6 nitrogen and oxygen atoms in total. The lowest BCUT2D eigenvalue weighted by atomic mass is 10.1. The summed E-state index contributed by atoms with van der Waals surface area (Å²) in [5.74, 6) is -2.00. The van der Waals surface area contributed by atoms with Crippen LogP contribution in [-0.4, -0.2) is 25.5 Å². The van der Waals surface area contributed by atoms with Gasteiger partial charge in [0, 0.05) is 0 Å². The van der Waals surface area contributed by atoms with Crippen molar-refractivity contribution in [3.8, 4) is 11.5 Å². The number of carbonyl (C=O) groups excluding carboxylic acids is 2. The minimum absolute atomic E-state index is 0.192. The molecule has 0 aliphatic heterocycles. The molecule has 2 amide bonds. The van der Waals surface area contributed by atoms with Gasteiger partial charge >= 0.3 is 0 Å². The summed E-state index contributed by atoms with van der Waals surface area (Å²) in [6, 6.07) is 15.9. The Morgan fingerprint density at radius 3 is 1.89 bits per heavy atom. The lowest BCUT2D eigenvalue weighted by Crippen LogP contribution is -2.41. The first-order chi connectivity index (χ1) is 17.9. The third-order valence-corrected chi connectivity index (χ3v) is 5.81. The number of methoxy groups -OCH3 is 1. The van der Waals surface area contributed by atoms with Crippen molar-refractivity contribution in [3.05, 3.63) is 95.1 Å². The van der Waals surface area contributed by atoms with Crippen LogP contribution in [0, 0.1) is 11.6 Å². The topological polar surface area (TPSA) is 76.7 Å². The minimum atomic E-state index is -1.11. The van der Waals surface area contributed by atoms with Crippen molar-refractivity contribution in [2.75, 3.05) is 13.7 Å². The molecule has 0 bridgehead atoms. The Bertz CT molecular complexity index is 1140. The van der Waals surface area contributed by atoms with Crippen LogP contribution in [0.15, 0.2) is 66.7 Å². The van der Waals surface area contributed by atoms with Crippen molar-refractivity contribution in [2.45, 2.75) is 45.2 Å². The Hall–Kier alpha value is -3.94. The standard InChI is InChI=1S/C29H32F2N2O4/c1-3-4-5-6-11-18-37-25-17-16-20(19-26(25)36-2)27(32-28(34)21-12-7-9-14-23(21)30)33-29(35)22-13-8-10-15-24(22)31/h7-10,12-17,19,27H,3-6,11,18H2,1-2H3,(H,32,34)(H,33,35). The molecule has 0 unspecified atom stereocenters. The lowest BCUT2D eigenvalue weighted by Gasteiger charge is -2.22. The molecule has 0 aliphatic rings. The predicted molar refractivity (Wildman–Crippen MR) is 138 cm³/mol. The van der Waals surface area contributed by atoms with E-state index >= 15 is 0 Å². The zero-order valence-electron chi connectivity index (χ0n) is 21.1. The maximum Gasteiger partial charge on any atom is 0.256 e. The van der Waals surface area contributed by atoms with Gasteiger partial charge in [-0.3, -0.25) is 9.59 Å². The number of amides is 2. The molecule has 0 heterocycles. The fourth-order valence-electron chi connectivity index (χ4n) is 3.78. The van der Waals surface area contributed by atoms with Gasteiger partial charge in [0.15, 0.2) is 11.5 Å². The average molecular weight is 511 g/mol. The van der Waals surface area contributed by atoms with E-state index in [-0.39, 0.29) is 11.1 Å². The van der Waals surface area contributed by atoms with Crippen LogP contribution in [0.1, 0.15) is 71.5 Å². The second-order valence-corrected chi connectivity index (χ2v) is 8.51. The Balaban J connectivity index is 1.83. The van der Waals surface area contributed by atoms with E-state index in [9.17, 15) is 18.4 Å². The molecule has 0 aliphatic carbocycles. The normalized spacial score (nSPS) is 10.7. The van der Waals surface area contributed by atoms with Gasteiger partial charge < -0.3 is 20.1 Å². The number of rotatable bonds is 13. The molecule has 3 aromatic rings. The summed E-state index contributed by atoms with van der Waals surface area (Å²) in [5.41, 5.74) is 0.0480. The average Bonchev–Trinajstić information content (AvgIpc) is 2.90.